The van der Waals surface area contributed by atoms with Crippen LogP contribution in [0.15, 0.2) is 22.7 Å². The second-order valence-electron chi connectivity index (χ2n) is 5.35. The number of carbonyl (C=O) groups is 1. The number of hydrogen-bond donors (Lipinski definition) is 1. The lowest BCUT2D eigenvalue weighted by atomic mass is 10.1. The van der Waals surface area contributed by atoms with Crippen LogP contribution in [0.2, 0.25) is 0 Å². The van der Waals surface area contributed by atoms with Gasteiger partial charge in [0, 0.05) is 14.6 Å². The normalized spacial score (nSPS) is 10.6. The minimum atomic E-state index is 0.0170. The van der Waals surface area contributed by atoms with Gasteiger partial charge in [0.1, 0.15) is 0 Å². The Balaban J connectivity index is 2.12. The predicted molar refractivity (Wildman–Crippen MR) is 102 cm³/mol. The highest BCUT2D eigenvalue weighted by atomic mass is 127. The molecule has 0 aliphatic rings. The van der Waals surface area contributed by atoms with Gasteiger partial charge in [0.2, 0.25) is 0 Å². The molecule has 0 unspecified atom stereocenters. The molecule has 0 saturated heterocycles. The number of carbonyl (C=O) groups excluding carboxylic acids is 1. The molecule has 0 radical (unpaired) electrons. The van der Waals surface area contributed by atoms with Crippen LogP contribution in [0.4, 0.5) is 0 Å². The van der Waals surface area contributed by atoms with Crippen molar-refractivity contribution < 1.29 is 4.79 Å². The highest BCUT2D eigenvalue weighted by molar-refractivity contribution is 14.1. The van der Waals surface area contributed by atoms with Crippen molar-refractivity contribution in [3.8, 4) is 0 Å². The Morgan fingerprint density at radius 1 is 1.10 bits per heavy atom. The number of rotatable bonds is 10. The zero-order valence-corrected chi connectivity index (χ0v) is 16.5. The molecule has 118 valence electrons. The van der Waals surface area contributed by atoms with Crippen molar-refractivity contribution in [3.63, 3.8) is 0 Å². The standard InChI is InChI=1S/C17H25BrINO/c1-2-3-4-5-6-7-8-9-12-20-17(21)15-13-14(19)10-11-16(15)18/h10-11,13H,2-9,12H2,1H3,(H,20,21). The third-order valence-electron chi connectivity index (χ3n) is 3.49. The first kappa shape index (κ1) is 18.9. The van der Waals surface area contributed by atoms with Crippen LogP contribution in [0.1, 0.15) is 68.6 Å². The van der Waals surface area contributed by atoms with Gasteiger partial charge in [-0.2, -0.15) is 0 Å². The summed E-state index contributed by atoms with van der Waals surface area (Å²) in [7, 11) is 0. The lowest BCUT2D eigenvalue weighted by Gasteiger charge is -2.07. The Morgan fingerprint density at radius 3 is 2.38 bits per heavy atom. The van der Waals surface area contributed by atoms with E-state index in [1.54, 1.807) is 0 Å². The molecule has 0 atom stereocenters. The highest BCUT2D eigenvalue weighted by Gasteiger charge is 2.09. The Labute approximate surface area is 150 Å². The maximum atomic E-state index is 12.1. The first-order valence-electron chi connectivity index (χ1n) is 7.88. The second-order valence-corrected chi connectivity index (χ2v) is 7.45. The molecule has 1 aromatic carbocycles. The largest absolute Gasteiger partial charge is 0.352 e. The van der Waals surface area contributed by atoms with Gasteiger partial charge in [-0.3, -0.25) is 4.79 Å². The Hall–Kier alpha value is -0.100. The minimum absolute atomic E-state index is 0.0170. The average molecular weight is 466 g/mol. The van der Waals surface area contributed by atoms with E-state index in [-0.39, 0.29) is 5.91 Å². The van der Waals surface area contributed by atoms with E-state index < -0.39 is 0 Å². The lowest BCUT2D eigenvalue weighted by molar-refractivity contribution is 0.0952. The Morgan fingerprint density at radius 2 is 1.71 bits per heavy atom. The summed E-state index contributed by atoms with van der Waals surface area (Å²) in [5, 5.41) is 3.01. The van der Waals surface area contributed by atoms with Crippen molar-refractivity contribution in [2.75, 3.05) is 6.54 Å². The van der Waals surface area contributed by atoms with Crippen molar-refractivity contribution in [3.05, 3.63) is 31.8 Å². The van der Waals surface area contributed by atoms with Crippen LogP contribution in [0.5, 0.6) is 0 Å². The highest BCUT2D eigenvalue weighted by Crippen LogP contribution is 2.19. The molecule has 21 heavy (non-hydrogen) atoms. The summed E-state index contributed by atoms with van der Waals surface area (Å²) in [5.74, 6) is 0.0170. The van der Waals surface area contributed by atoms with Crippen LogP contribution in [-0.4, -0.2) is 12.5 Å². The Bertz CT molecular complexity index is 437. The molecule has 0 aromatic heterocycles. The minimum Gasteiger partial charge on any atom is -0.352 e. The first-order valence-corrected chi connectivity index (χ1v) is 9.75. The SMILES string of the molecule is CCCCCCCCCCNC(=O)c1cc(I)ccc1Br. The van der Waals surface area contributed by atoms with Gasteiger partial charge in [0.05, 0.1) is 5.56 Å². The van der Waals surface area contributed by atoms with Gasteiger partial charge < -0.3 is 5.32 Å². The molecule has 0 saturated carbocycles. The van der Waals surface area contributed by atoms with E-state index in [1.165, 1.54) is 44.9 Å². The third kappa shape index (κ3) is 8.19. The van der Waals surface area contributed by atoms with Crippen LogP contribution in [0, 0.1) is 3.57 Å². The number of hydrogen-bond acceptors (Lipinski definition) is 1. The van der Waals surface area contributed by atoms with Crippen LogP contribution in [0.25, 0.3) is 0 Å². The van der Waals surface area contributed by atoms with Crippen LogP contribution in [0.3, 0.4) is 0 Å². The number of halogens is 2. The van der Waals surface area contributed by atoms with Gasteiger partial charge in [-0.1, -0.05) is 51.9 Å². The van der Waals surface area contributed by atoms with Gasteiger partial charge in [-0.25, -0.2) is 0 Å². The van der Waals surface area contributed by atoms with E-state index >= 15 is 0 Å². The first-order chi connectivity index (χ1) is 10.1. The maximum Gasteiger partial charge on any atom is 0.252 e. The molecular formula is C17H25BrINO. The fourth-order valence-corrected chi connectivity index (χ4v) is 3.15. The van der Waals surface area contributed by atoms with Gasteiger partial charge in [-0.05, 0) is 63.1 Å². The molecule has 4 heteroatoms. The number of benzene rings is 1. The zero-order valence-electron chi connectivity index (χ0n) is 12.8. The predicted octanol–water partition coefficient (Wildman–Crippen LogP) is 5.92. The topological polar surface area (TPSA) is 29.1 Å². The third-order valence-corrected chi connectivity index (χ3v) is 4.85. The quantitative estimate of drug-likeness (QED) is 0.337. The van der Waals surface area contributed by atoms with Crippen molar-refractivity contribution >= 4 is 44.4 Å². The molecule has 1 rings (SSSR count). The van der Waals surface area contributed by atoms with Crippen molar-refractivity contribution in [2.24, 2.45) is 0 Å². The number of nitrogens with one attached hydrogen (secondary N) is 1. The van der Waals surface area contributed by atoms with Crippen molar-refractivity contribution in [1.82, 2.24) is 5.32 Å². The Kier molecular flexibility index (Phi) is 10.3. The van der Waals surface area contributed by atoms with Gasteiger partial charge in [0.25, 0.3) is 5.91 Å². The van der Waals surface area contributed by atoms with E-state index in [0.29, 0.717) is 0 Å². The van der Waals surface area contributed by atoms with E-state index in [4.69, 9.17) is 0 Å². The summed E-state index contributed by atoms with van der Waals surface area (Å²) in [4.78, 5) is 12.1. The number of amides is 1. The van der Waals surface area contributed by atoms with E-state index in [2.05, 4.69) is 50.8 Å². The summed E-state index contributed by atoms with van der Waals surface area (Å²) >= 11 is 5.65. The van der Waals surface area contributed by atoms with Gasteiger partial charge in [0.15, 0.2) is 0 Å². The maximum absolute atomic E-state index is 12.1. The molecular weight excluding hydrogens is 441 g/mol. The van der Waals surface area contributed by atoms with E-state index in [0.717, 1.165) is 26.6 Å². The smallest absolute Gasteiger partial charge is 0.252 e. The molecule has 0 aliphatic carbocycles. The average Bonchev–Trinajstić information content (AvgIpc) is 2.48. The molecule has 2 nitrogen and oxygen atoms in total. The van der Waals surface area contributed by atoms with Crippen molar-refractivity contribution in [2.45, 2.75) is 58.3 Å². The van der Waals surface area contributed by atoms with Crippen LogP contribution >= 0.6 is 38.5 Å². The second kappa shape index (κ2) is 11.5. The van der Waals surface area contributed by atoms with E-state index in [9.17, 15) is 4.79 Å². The zero-order chi connectivity index (χ0) is 15.5. The molecule has 0 fully saturated rings. The summed E-state index contributed by atoms with van der Waals surface area (Å²) in [6.45, 7) is 3.01. The van der Waals surface area contributed by atoms with Crippen LogP contribution < -0.4 is 5.32 Å². The van der Waals surface area contributed by atoms with Crippen LogP contribution in [-0.2, 0) is 0 Å². The summed E-state index contributed by atoms with van der Waals surface area (Å²) in [6, 6.07) is 5.82. The lowest BCUT2D eigenvalue weighted by Crippen LogP contribution is -2.24. The molecule has 0 bridgehead atoms. The fraction of sp³-hybridized carbons (Fsp3) is 0.588. The monoisotopic (exact) mass is 465 g/mol. The summed E-state index contributed by atoms with van der Waals surface area (Å²) in [5.41, 5.74) is 0.724. The summed E-state index contributed by atoms with van der Waals surface area (Å²) < 4.78 is 1.93. The van der Waals surface area contributed by atoms with E-state index in [1.807, 2.05) is 18.2 Å². The van der Waals surface area contributed by atoms with Gasteiger partial charge in [-0.15, -0.1) is 0 Å². The molecule has 1 N–H and O–H groups in total. The van der Waals surface area contributed by atoms with Crippen molar-refractivity contribution in [1.29, 1.82) is 0 Å². The molecule has 0 spiro atoms. The number of unbranched alkanes of at least 4 members (excludes halogenated alkanes) is 7. The van der Waals surface area contributed by atoms with Gasteiger partial charge >= 0.3 is 0 Å². The fourth-order valence-electron chi connectivity index (χ4n) is 2.23. The molecule has 0 aliphatic heterocycles. The molecule has 1 aromatic rings. The molecule has 1 amide bonds. The summed E-state index contributed by atoms with van der Waals surface area (Å²) in [6.07, 6.45) is 10.3. The molecule has 0 heterocycles.